The molecule has 0 aliphatic rings. The van der Waals surface area contributed by atoms with Crippen molar-refractivity contribution in [3.8, 4) is 0 Å². The van der Waals surface area contributed by atoms with Gasteiger partial charge in [-0.3, -0.25) is 4.72 Å². The van der Waals surface area contributed by atoms with Crippen LogP contribution in [-0.2, 0) is 31.1 Å². The Morgan fingerprint density at radius 3 is 2.10 bits per heavy atom. The third-order valence-electron chi connectivity index (χ3n) is 6.71. The molecule has 0 saturated carbocycles. The molecule has 41 heavy (non-hydrogen) atoms. The Labute approximate surface area is 240 Å². The summed E-state index contributed by atoms with van der Waals surface area (Å²) in [4.78, 5) is 9.28. The summed E-state index contributed by atoms with van der Waals surface area (Å²) < 4.78 is 65.6. The van der Waals surface area contributed by atoms with Gasteiger partial charge in [0, 0.05) is 19.8 Å². The molecule has 2 aromatic heterocycles. The lowest BCUT2D eigenvalue weighted by Gasteiger charge is -2.15. The fourth-order valence-electron chi connectivity index (χ4n) is 4.54. The molecule has 214 valence electrons. The molecule has 0 aliphatic heterocycles. The van der Waals surface area contributed by atoms with E-state index in [9.17, 15) is 16.8 Å². The topological polar surface area (TPSA) is 120 Å². The van der Waals surface area contributed by atoms with Gasteiger partial charge in [0.2, 0.25) is 9.84 Å². The lowest BCUT2D eigenvalue weighted by atomic mass is 10.2. The Kier molecular flexibility index (Phi) is 8.39. The second kappa shape index (κ2) is 12.0. The lowest BCUT2D eigenvalue weighted by Crippen LogP contribution is -2.18. The van der Waals surface area contributed by atoms with Gasteiger partial charge in [0.15, 0.2) is 5.65 Å². The molecule has 0 unspecified atom stereocenters. The van der Waals surface area contributed by atoms with E-state index < -0.39 is 19.9 Å². The minimum absolute atomic E-state index is 0.00414. The van der Waals surface area contributed by atoms with Crippen LogP contribution < -0.4 is 4.72 Å². The molecule has 3 aromatic carbocycles. The molecule has 0 aliphatic carbocycles. The number of sulfonamides is 1. The molecule has 5 rings (SSSR count). The first-order chi connectivity index (χ1) is 19.7. The second-order valence-electron chi connectivity index (χ2n) is 9.77. The minimum Gasteiger partial charge on any atom is -0.381 e. The summed E-state index contributed by atoms with van der Waals surface area (Å²) in [6.07, 6.45) is 2.45. The number of fused-ring (bicyclic) bond motifs is 2. The van der Waals surface area contributed by atoms with Crippen molar-refractivity contribution in [2.45, 2.75) is 54.3 Å². The first-order valence-electron chi connectivity index (χ1n) is 13.5. The molecule has 0 radical (unpaired) electrons. The number of nitrogens with one attached hydrogen (secondary N) is 1. The predicted octanol–water partition coefficient (Wildman–Crippen LogP) is 5.73. The molecule has 2 heterocycles. The van der Waals surface area contributed by atoms with E-state index in [1.54, 1.807) is 53.1 Å². The van der Waals surface area contributed by atoms with Crippen molar-refractivity contribution in [2.75, 3.05) is 17.9 Å². The molecule has 0 fully saturated rings. The Balaban J connectivity index is 1.74. The first kappa shape index (κ1) is 28.7. The number of anilines is 1. The van der Waals surface area contributed by atoms with E-state index >= 15 is 0 Å². The van der Waals surface area contributed by atoms with E-state index in [1.165, 1.54) is 24.3 Å². The fourth-order valence-corrected chi connectivity index (χ4v) is 7.24. The maximum Gasteiger partial charge on any atom is 0.263 e. The molecule has 9 nitrogen and oxygen atoms in total. The highest BCUT2D eigenvalue weighted by Gasteiger charge is 2.33. The SMILES string of the molecule is CCCCOCCCn1c(NS(=O)(=O)c2ccccc2)c(S(=O)(=O)c2ccc(C)cc2)c2nc3ccccc3nc21. The van der Waals surface area contributed by atoms with E-state index in [2.05, 4.69) is 11.6 Å². The Bertz CT molecular complexity index is 1890. The van der Waals surface area contributed by atoms with Gasteiger partial charge in [-0.05, 0) is 56.2 Å². The number of benzene rings is 3. The number of hydrogen-bond donors (Lipinski definition) is 1. The van der Waals surface area contributed by atoms with E-state index in [0.29, 0.717) is 30.7 Å². The summed E-state index contributed by atoms with van der Waals surface area (Å²) in [6, 6.07) is 21.4. The summed E-state index contributed by atoms with van der Waals surface area (Å²) in [5, 5.41) is 0. The van der Waals surface area contributed by atoms with Crippen molar-refractivity contribution in [3.63, 3.8) is 0 Å². The number of sulfone groups is 1. The molecular weight excluding hydrogens is 560 g/mol. The van der Waals surface area contributed by atoms with Crippen LogP contribution in [0, 0.1) is 6.92 Å². The number of hydrogen-bond acceptors (Lipinski definition) is 7. The number of unbranched alkanes of at least 4 members (excludes halogenated alkanes) is 1. The Hall–Kier alpha value is -3.80. The molecule has 0 bridgehead atoms. The number of aryl methyl sites for hydroxylation is 2. The number of rotatable bonds is 12. The van der Waals surface area contributed by atoms with Gasteiger partial charge in [0.1, 0.15) is 16.2 Å². The molecule has 0 spiro atoms. The van der Waals surface area contributed by atoms with Crippen LogP contribution in [0.3, 0.4) is 0 Å². The van der Waals surface area contributed by atoms with Gasteiger partial charge in [0.05, 0.1) is 20.8 Å². The van der Waals surface area contributed by atoms with Crippen LogP contribution in [0.15, 0.2) is 93.5 Å². The number of ether oxygens (including phenoxy) is 1. The third kappa shape index (κ3) is 5.97. The minimum atomic E-state index is -4.24. The van der Waals surface area contributed by atoms with Crippen LogP contribution >= 0.6 is 0 Å². The van der Waals surface area contributed by atoms with Crippen LogP contribution in [-0.4, -0.2) is 44.6 Å². The predicted molar refractivity (Wildman–Crippen MR) is 159 cm³/mol. The van der Waals surface area contributed by atoms with Gasteiger partial charge >= 0.3 is 0 Å². The maximum absolute atomic E-state index is 14.3. The van der Waals surface area contributed by atoms with Crippen molar-refractivity contribution < 1.29 is 21.6 Å². The summed E-state index contributed by atoms with van der Waals surface area (Å²) in [5.74, 6) is -0.103. The van der Waals surface area contributed by atoms with Crippen molar-refractivity contribution in [3.05, 3.63) is 84.4 Å². The summed E-state index contributed by atoms with van der Waals surface area (Å²) in [5.41, 5.74) is 2.33. The summed E-state index contributed by atoms with van der Waals surface area (Å²) in [6.45, 7) is 5.24. The van der Waals surface area contributed by atoms with Crippen LogP contribution in [0.1, 0.15) is 31.7 Å². The quantitative estimate of drug-likeness (QED) is 0.184. The number of nitrogens with zero attached hydrogens (tertiary/aromatic N) is 3. The van der Waals surface area contributed by atoms with Crippen LogP contribution in [0.4, 0.5) is 5.82 Å². The molecule has 0 amide bonds. The van der Waals surface area contributed by atoms with Crippen molar-refractivity contribution in [1.29, 1.82) is 0 Å². The van der Waals surface area contributed by atoms with E-state index in [0.717, 1.165) is 18.4 Å². The average molecular weight is 593 g/mol. The smallest absolute Gasteiger partial charge is 0.263 e. The van der Waals surface area contributed by atoms with Gasteiger partial charge in [0.25, 0.3) is 10.0 Å². The molecule has 0 saturated heterocycles. The highest BCUT2D eigenvalue weighted by molar-refractivity contribution is 7.93. The molecule has 1 N–H and O–H groups in total. The molecule has 5 aromatic rings. The zero-order chi connectivity index (χ0) is 29.0. The van der Waals surface area contributed by atoms with Gasteiger partial charge in [-0.25, -0.2) is 26.8 Å². The van der Waals surface area contributed by atoms with Gasteiger partial charge in [-0.15, -0.1) is 0 Å². The van der Waals surface area contributed by atoms with E-state index in [1.807, 2.05) is 13.0 Å². The average Bonchev–Trinajstić information content (AvgIpc) is 3.26. The molecular formula is C30H32N4O5S2. The Morgan fingerprint density at radius 2 is 1.41 bits per heavy atom. The van der Waals surface area contributed by atoms with Gasteiger partial charge < -0.3 is 9.30 Å². The van der Waals surface area contributed by atoms with Crippen molar-refractivity contribution >= 4 is 47.9 Å². The largest absolute Gasteiger partial charge is 0.381 e. The van der Waals surface area contributed by atoms with Crippen molar-refractivity contribution in [1.82, 2.24) is 14.5 Å². The number of aromatic nitrogens is 3. The first-order valence-corrected chi connectivity index (χ1v) is 16.5. The summed E-state index contributed by atoms with van der Waals surface area (Å²) in [7, 11) is -8.41. The van der Waals surface area contributed by atoms with Crippen LogP contribution in [0.5, 0.6) is 0 Å². The molecule has 0 atom stereocenters. The van der Waals surface area contributed by atoms with Gasteiger partial charge in [-0.1, -0.05) is 61.4 Å². The molecule has 11 heteroatoms. The maximum atomic E-state index is 14.3. The standard InChI is InChI=1S/C30H32N4O5S2/c1-3-4-20-39-21-10-19-34-29-27(31-25-13-8-9-14-26(25)32-29)28(40(35,36)23-17-15-22(2)16-18-23)30(34)33-41(37,38)24-11-6-5-7-12-24/h5-9,11-18,33H,3-4,10,19-21H2,1-2H3. The Morgan fingerprint density at radius 1 is 0.780 bits per heavy atom. The second-order valence-corrected chi connectivity index (χ2v) is 13.3. The normalized spacial score (nSPS) is 12.2. The number of para-hydroxylation sites is 2. The van der Waals surface area contributed by atoms with Crippen LogP contribution in [0.2, 0.25) is 0 Å². The monoisotopic (exact) mass is 592 g/mol. The highest BCUT2D eigenvalue weighted by Crippen LogP contribution is 2.38. The fraction of sp³-hybridized carbons (Fsp3) is 0.267. The van der Waals surface area contributed by atoms with E-state index in [-0.39, 0.29) is 38.2 Å². The zero-order valence-corrected chi connectivity index (χ0v) is 24.6. The zero-order valence-electron chi connectivity index (χ0n) is 22.9. The lowest BCUT2D eigenvalue weighted by molar-refractivity contribution is 0.126. The van der Waals surface area contributed by atoms with Crippen molar-refractivity contribution in [2.24, 2.45) is 0 Å². The van der Waals surface area contributed by atoms with Crippen LogP contribution in [0.25, 0.3) is 22.2 Å². The highest BCUT2D eigenvalue weighted by atomic mass is 32.2. The third-order valence-corrected chi connectivity index (χ3v) is 9.88. The van der Waals surface area contributed by atoms with E-state index in [4.69, 9.17) is 14.7 Å². The summed E-state index contributed by atoms with van der Waals surface area (Å²) >= 11 is 0. The van der Waals surface area contributed by atoms with Gasteiger partial charge in [-0.2, -0.15) is 0 Å².